The molecule has 2 heterocycles. The SMILES string of the molecule is CC(C)=CCC1OC1C1C/C(=C\C=O)CCC12CO2. The maximum absolute atomic E-state index is 10.6. The van der Waals surface area contributed by atoms with Gasteiger partial charge in [0.05, 0.1) is 24.4 Å². The number of hydrogen-bond donors (Lipinski definition) is 0. The van der Waals surface area contributed by atoms with E-state index in [1.807, 2.05) is 0 Å². The molecule has 0 bridgehead atoms. The number of allylic oxidation sites excluding steroid dienone is 3. The van der Waals surface area contributed by atoms with Gasteiger partial charge in [0, 0.05) is 5.92 Å². The first-order valence-corrected chi connectivity index (χ1v) is 7.20. The van der Waals surface area contributed by atoms with Crippen molar-refractivity contribution in [1.82, 2.24) is 0 Å². The van der Waals surface area contributed by atoms with Gasteiger partial charge in [-0.05, 0) is 45.6 Å². The molecule has 1 spiro atoms. The first-order chi connectivity index (χ1) is 9.14. The lowest BCUT2D eigenvalue weighted by atomic mass is 9.74. The molecule has 0 aromatic heterocycles. The van der Waals surface area contributed by atoms with Crippen molar-refractivity contribution < 1.29 is 14.3 Å². The van der Waals surface area contributed by atoms with Crippen LogP contribution in [0.25, 0.3) is 0 Å². The second-order valence-electron chi connectivity index (χ2n) is 6.28. The third-order valence-electron chi connectivity index (χ3n) is 4.62. The van der Waals surface area contributed by atoms with E-state index in [4.69, 9.17) is 9.47 Å². The number of epoxide rings is 2. The molecule has 1 saturated carbocycles. The molecular formula is C16H22O3. The van der Waals surface area contributed by atoms with E-state index in [1.165, 1.54) is 11.1 Å². The van der Waals surface area contributed by atoms with E-state index in [-0.39, 0.29) is 5.60 Å². The van der Waals surface area contributed by atoms with Gasteiger partial charge in [-0.3, -0.25) is 4.79 Å². The Labute approximate surface area is 114 Å². The number of ether oxygens (including phenoxy) is 2. The van der Waals surface area contributed by atoms with E-state index in [0.29, 0.717) is 18.1 Å². The van der Waals surface area contributed by atoms with E-state index in [9.17, 15) is 4.79 Å². The van der Waals surface area contributed by atoms with Crippen LogP contribution in [0.2, 0.25) is 0 Å². The maximum atomic E-state index is 10.6. The Balaban J connectivity index is 1.64. The molecule has 1 aliphatic carbocycles. The summed E-state index contributed by atoms with van der Waals surface area (Å²) in [5.74, 6) is 0.447. The van der Waals surface area contributed by atoms with Crippen LogP contribution in [-0.2, 0) is 14.3 Å². The number of rotatable bonds is 4. The predicted molar refractivity (Wildman–Crippen MR) is 72.9 cm³/mol. The van der Waals surface area contributed by atoms with E-state index >= 15 is 0 Å². The largest absolute Gasteiger partial charge is 0.369 e. The molecule has 3 rings (SSSR count). The molecule has 2 saturated heterocycles. The van der Waals surface area contributed by atoms with Crippen molar-refractivity contribution in [3.05, 3.63) is 23.3 Å². The molecule has 3 nitrogen and oxygen atoms in total. The zero-order chi connectivity index (χ0) is 13.5. The average molecular weight is 262 g/mol. The van der Waals surface area contributed by atoms with Gasteiger partial charge in [-0.1, -0.05) is 17.2 Å². The topological polar surface area (TPSA) is 42.1 Å². The van der Waals surface area contributed by atoms with Gasteiger partial charge in [0.15, 0.2) is 0 Å². The highest BCUT2D eigenvalue weighted by atomic mass is 16.6. The van der Waals surface area contributed by atoms with Gasteiger partial charge in [-0.25, -0.2) is 0 Å². The Kier molecular flexibility index (Phi) is 3.35. The average Bonchev–Trinajstić information content (AvgIpc) is 3.27. The minimum absolute atomic E-state index is 0.0740. The highest BCUT2D eigenvalue weighted by molar-refractivity contribution is 5.66. The van der Waals surface area contributed by atoms with Gasteiger partial charge in [0.25, 0.3) is 0 Å². The maximum Gasteiger partial charge on any atom is 0.142 e. The molecule has 3 fully saturated rings. The Morgan fingerprint density at radius 1 is 1.47 bits per heavy atom. The van der Waals surface area contributed by atoms with Crippen LogP contribution in [0.15, 0.2) is 23.3 Å². The highest BCUT2D eigenvalue weighted by Crippen LogP contribution is 2.53. The lowest BCUT2D eigenvalue weighted by Crippen LogP contribution is -2.34. The molecule has 0 N–H and O–H groups in total. The summed E-state index contributed by atoms with van der Waals surface area (Å²) in [6.07, 6.45) is 9.59. The molecule has 4 atom stereocenters. The molecule has 2 aliphatic heterocycles. The third kappa shape index (κ3) is 2.67. The number of aldehydes is 1. The summed E-state index contributed by atoms with van der Waals surface area (Å²) in [5.41, 5.74) is 2.68. The molecule has 4 unspecified atom stereocenters. The summed E-state index contributed by atoms with van der Waals surface area (Å²) in [7, 11) is 0. The van der Waals surface area contributed by atoms with Crippen molar-refractivity contribution in [2.45, 2.75) is 57.3 Å². The van der Waals surface area contributed by atoms with Crippen molar-refractivity contribution >= 4 is 6.29 Å². The lowest BCUT2D eigenvalue weighted by Gasteiger charge is -2.29. The first kappa shape index (κ1) is 13.1. The highest BCUT2D eigenvalue weighted by Gasteiger charge is 2.61. The molecule has 0 amide bonds. The van der Waals surface area contributed by atoms with Crippen LogP contribution in [0.4, 0.5) is 0 Å². The van der Waals surface area contributed by atoms with E-state index < -0.39 is 0 Å². The standard InChI is InChI=1S/C16H22O3/c1-11(2)3-4-14-15(19-14)13-9-12(6-8-17)5-7-16(13)10-18-16/h3,6,8,13-15H,4-5,7,9-10H2,1-2H3/b12-6-. The zero-order valence-corrected chi connectivity index (χ0v) is 11.7. The fraction of sp³-hybridized carbons (Fsp3) is 0.688. The fourth-order valence-corrected chi connectivity index (χ4v) is 3.29. The van der Waals surface area contributed by atoms with Gasteiger partial charge in [0.1, 0.15) is 6.29 Å². The third-order valence-corrected chi connectivity index (χ3v) is 4.62. The Bertz CT molecular complexity index is 427. The van der Waals surface area contributed by atoms with Crippen LogP contribution < -0.4 is 0 Å². The second kappa shape index (κ2) is 4.88. The van der Waals surface area contributed by atoms with E-state index in [2.05, 4.69) is 19.9 Å². The van der Waals surface area contributed by atoms with Crippen molar-refractivity contribution in [2.24, 2.45) is 5.92 Å². The van der Waals surface area contributed by atoms with Crippen molar-refractivity contribution in [3.8, 4) is 0 Å². The molecule has 0 aromatic rings. The molecule has 19 heavy (non-hydrogen) atoms. The van der Waals surface area contributed by atoms with Crippen LogP contribution in [0.1, 0.15) is 39.5 Å². The zero-order valence-electron chi connectivity index (χ0n) is 11.7. The molecule has 0 radical (unpaired) electrons. The molecule has 104 valence electrons. The quantitative estimate of drug-likeness (QED) is 0.338. The Morgan fingerprint density at radius 2 is 2.26 bits per heavy atom. The molecule has 3 aliphatic rings. The van der Waals surface area contributed by atoms with Gasteiger partial charge >= 0.3 is 0 Å². The van der Waals surface area contributed by atoms with E-state index in [1.54, 1.807) is 6.08 Å². The first-order valence-electron chi connectivity index (χ1n) is 7.20. The van der Waals surface area contributed by atoms with Gasteiger partial charge in [0.2, 0.25) is 0 Å². The van der Waals surface area contributed by atoms with Crippen LogP contribution in [0, 0.1) is 5.92 Å². The Morgan fingerprint density at radius 3 is 2.89 bits per heavy atom. The molecule has 3 heteroatoms. The lowest BCUT2D eigenvalue weighted by molar-refractivity contribution is -0.104. The van der Waals surface area contributed by atoms with E-state index in [0.717, 1.165) is 38.6 Å². The Hall–Kier alpha value is -0.930. The number of carbonyl (C=O) groups excluding carboxylic acids is 1. The van der Waals surface area contributed by atoms with Gasteiger partial charge in [-0.15, -0.1) is 0 Å². The van der Waals surface area contributed by atoms with Crippen molar-refractivity contribution in [1.29, 1.82) is 0 Å². The normalized spacial score (nSPS) is 42.2. The minimum atomic E-state index is 0.0740. The van der Waals surface area contributed by atoms with Crippen LogP contribution in [-0.4, -0.2) is 30.7 Å². The van der Waals surface area contributed by atoms with Crippen LogP contribution in [0.5, 0.6) is 0 Å². The molecule has 0 aromatic carbocycles. The molecular weight excluding hydrogens is 240 g/mol. The monoisotopic (exact) mass is 262 g/mol. The second-order valence-corrected chi connectivity index (χ2v) is 6.28. The van der Waals surface area contributed by atoms with Crippen molar-refractivity contribution in [2.75, 3.05) is 6.61 Å². The summed E-state index contributed by atoms with van der Waals surface area (Å²) in [4.78, 5) is 10.6. The van der Waals surface area contributed by atoms with Gasteiger partial charge in [-0.2, -0.15) is 0 Å². The smallest absolute Gasteiger partial charge is 0.142 e. The number of carbonyl (C=O) groups is 1. The van der Waals surface area contributed by atoms with Gasteiger partial charge < -0.3 is 9.47 Å². The summed E-state index contributed by atoms with van der Waals surface area (Å²) in [6, 6.07) is 0. The van der Waals surface area contributed by atoms with Crippen LogP contribution >= 0.6 is 0 Å². The fourth-order valence-electron chi connectivity index (χ4n) is 3.29. The van der Waals surface area contributed by atoms with Crippen LogP contribution in [0.3, 0.4) is 0 Å². The summed E-state index contributed by atoms with van der Waals surface area (Å²) >= 11 is 0. The predicted octanol–water partition coefficient (Wildman–Crippen LogP) is 2.80. The van der Waals surface area contributed by atoms with Crippen molar-refractivity contribution in [3.63, 3.8) is 0 Å². The summed E-state index contributed by atoms with van der Waals surface area (Å²) in [5, 5.41) is 0. The summed E-state index contributed by atoms with van der Waals surface area (Å²) < 4.78 is 11.6. The summed E-state index contributed by atoms with van der Waals surface area (Å²) in [6.45, 7) is 5.12. The minimum Gasteiger partial charge on any atom is -0.369 e. The number of hydrogen-bond acceptors (Lipinski definition) is 3.